The van der Waals surface area contributed by atoms with Crippen molar-refractivity contribution in [2.45, 2.75) is 17.1 Å². The van der Waals surface area contributed by atoms with Crippen LogP contribution in [0.5, 0.6) is 0 Å². The van der Waals surface area contributed by atoms with Crippen molar-refractivity contribution in [3.05, 3.63) is 17.5 Å². The molecule has 1 aliphatic rings. The molecular formula is C10H15NO3S2. The summed E-state index contributed by atoms with van der Waals surface area (Å²) in [4.78, 5) is 0. The molecule has 1 N–H and O–H groups in total. The molecule has 16 heavy (non-hydrogen) atoms. The summed E-state index contributed by atoms with van der Waals surface area (Å²) in [6, 6.07) is 3.39. The van der Waals surface area contributed by atoms with E-state index in [9.17, 15) is 8.42 Å². The highest BCUT2D eigenvalue weighted by atomic mass is 32.2. The molecule has 0 radical (unpaired) electrons. The van der Waals surface area contributed by atoms with Gasteiger partial charge in [0.2, 0.25) is 0 Å². The van der Waals surface area contributed by atoms with Gasteiger partial charge in [0.1, 0.15) is 4.21 Å². The topological polar surface area (TPSA) is 57.6 Å². The molecule has 2 heterocycles. The normalized spacial score (nSPS) is 22.7. The molecule has 0 aliphatic carbocycles. The molecule has 0 aromatic carbocycles. The number of thiophene rings is 1. The second kappa shape index (κ2) is 4.83. The summed E-state index contributed by atoms with van der Waals surface area (Å²) >= 11 is 1.25. The molecular weight excluding hydrogens is 246 g/mol. The van der Waals surface area contributed by atoms with E-state index in [-0.39, 0.29) is 6.61 Å². The standard InChI is InChI=1S/C10H15NO3S2/c12-6-4-9-3-5-11(8-9)16(13,14)10-2-1-7-15-10/h1-2,7,9,12H,3-6,8H2. The summed E-state index contributed by atoms with van der Waals surface area (Å²) in [5, 5.41) is 10.6. The van der Waals surface area contributed by atoms with Crippen LogP contribution in [0.3, 0.4) is 0 Å². The first-order chi connectivity index (χ1) is 7.64. The lowest BCUT2D eigenvalue weighted by atomic mass is 10.1. The van der Waals surface area contributed by atoms with Gasteiger partial charge in [0, 0.05) is 19.7 Å². The minimum atomic E-state index is -3.28. The third kappa shape index (κ3) is 2.29. The van der Waals surface area contributed by atoms with Gasteiger partial charge in [-0.15, -0.1) is 11.3 Å². The third-order valence-corrected chi connectivity index (χ3v) is 6.11. The van der Waals surface area contributed by atoms with Gasteiger partial charge in [-0.3, -0.25) is 0 Å². The van der Waals surface area contributed by atoms with Gasteiger partial charge in [-0.2, -0.15) is 4.31 Å². The van der Waals surface area contributed by atoms with Crippen molar-refractivity contribution in [3.63, 3.8) is 0 Å². The maximum atomic E-state index is 12.1. The predicted molar refractivity (Wildman–Crippen MR) is 62.9 cm³/mol. The van der Waals surface area contributed by atoms with Gasteiger partial charge < -0.3 is 5.11 Å². The van der Waals surface area contributed by atoms with Gasteiger partial charge in [0.25, 0.3) is 10.0 Å². The van der Waals surface area contributed by atoms with Gasteiger partial charge in [0.15, 0.2) is 0 Å². The first-order valence-electron chi connectivity index (χ1n) is 5.29. The number of aliphatic hydroxyl groups excluding tert-OH is 1. The van der Waals surface area contributed by atoms with Crippen molar-refractivity contribution in [2.75, 3.05) is 19.7 Å². The first-order valence-corrected chi connectivity index (χ1v) is 7.61. The Hall–Kier alpha value is -0.430. The van der Waals surface area contributed by atoms with E-state index >= 15 is 0 Å². The Morgan fingerprint density at radius 1 is 1.56 bits per heavy atom. The van der Waals surface area contributed by atoms with E-state index in [2.05, 4.69) is 0 Å². The van der Waals surface area contributed by atoms with Crippen molar-refractivity contribution in [1.29, 1.82) is 0 Å². The van der Waals surface area contributed by atoms with E-state index in [1.54, 1.807) is 17.5 Å². The number of aliphatic hydroxyl groups is 1. The van der Waals surface area contributed by atoms with Gasteiger partial charge in [-0.05, 0) is 30.2 Å². The van der Waals surface area contributed by atoms with Crippen LogP contribution in [0.2, 0.25) is 0 Å². The molecule has 1 atom stereocenters. The molecule has 4 nitrogen and oxygen atoms in total. The lowest BCUT2D eigenvalue weighted by Gasteiger charge is -2.14. The molecule has 90 valence electrons. The Morgan fingerprint density at radius 3 is 3.00 bits per heavy atom. The first kappa shape index (κ1) is 12.0. The number of hydrogen-bond donors (Lipinski definition) is 1. The molecule has 0 spiro atoms. The fourth-order valence-corrected chi connectivity index (χ4v) is 4.65. The van der Waals surface area contributed by atoms with Crippen molar-refractivity contribution in [3.8, 4) is 0 Å². The van der Waals surface area contributed by atoms with Crippen molar-refractivity contribution >= 4 is 21.4 Å². The molecule has 0 bridgehead atoms. The molecule has 0 saturated carbocycles. The maximum Gasteiger partial charge on any atom is 0.252 e. The highest BCUT2D eigenvalue weighted by Crippen LogP contribution is 2.27. The van der Waals surface area contributed by atoms with Crippen molar-refractivity contribution in [1.82, 2.24) is 4.31 Å². The van der Waals surface area contributed by atoms with Gasteiger partial charge >= 0.3 is 0 Å². The second-order valence-corrected chi connectivity index (χ2v) is 7.07. The Labute approximate surface area is 99.6 Å². The quantitative estimate of drug-likeness (QED) is 0.884. The summed E-state index contributed by atoms with van der Waals surface area (Å²) in [7, 11) is -3.28. The van der Waals surface area contributed by atoms with E-state index in [0.717, 1.165) is 6.42 Å². The van der Waals surface area contributed by atoms with E-state index in [1.807, 2.05) is 0 Å². The SMILES string of the molecule is O=S(=O)(c1cccs1)N1CCC(CCO)C1. The minimum Gasteiger partial charge on any atom is -0.396 e. The van der Waals surface area contributed by atoms with E-state index < -0.39 is 10.0 Å². The molecule has 1 aliphatic heterocycles. The fourth-order valence-electron chi connectivity index (χ4n) is 1.97. The van der Waals surface area contributed by atoms with Gasteiger partial charge in [-0.1, -0.05) is 6.07 Å². The third-order valence-electron chi connectivity index (χ3n) is 2.88. The molecule has 1 aromatic heterocycles. The molecule has 1 saturated heterocycles. The zero-order valence-corrected chi connectivity index (χ0v) is 10.5. The van der Waals surface area contributed by atoms with Crippen LogP contribution in [0.15, 0.2) is 21.7 Å². The zero-order chi connectivity index (χ0) is 11.6. The van der Waals surface area contributed by atoms with Crippen LogP contribution in [0.1, 0.15) is 12.8 Å². The Kier molecular flexibility index (Phi) is 3.63. The summed E-state index contributed by atoms with van der Waals surface area (Å²) < 4.78 is 26.2. The van der Waals surface area contributed by atoms with Crippen LogP contribution in [0.4, 0.5) is 0 Å². The summed E-state index contributed by atoms with van der Waals surface area (Å²) in [5.74, 6) is 0.305. The maximum absolute atomic E-state index is 12.1. The zero-order valence-electron chi connectivity index (χ0n) is 8.87. The number of hydrogen-bond acceptors (Lipinski definition) is 4. The van der Waals surface area contributed by atoms with E-state index in [1.165, 1.54) is 15.6 Å². The highest BCUT2D eigenvalue weighted by molar-refractivity contribution is 7.91. The number of nitrogens with zero attached hydrogens (tertiary/aromatic N) is 1. The molecule has 1 aromatic rings. The largest absolute Gasteiger partial charge is 0.396 e. The van der Waals surface area contributed by atoms with E-state index in [4.69, 9.17) is 5.11 Å². The van der Waals surface area contributed by atoms with Crippen LogP contribution in [0, 0.1) is 5.92 Å². The Balaban J connectivity index is 2.10. The Morgan fingerprint density at radius 2 is 2.38 bits per heavy atom. The lowest BCUT2D eigenvalue weighted by Crippen LogP contribution is -2.28. The lowest BCUT2D eigenvalue weighted by molar-refractivity contribution is 0.260. The van der Waals surface area contributed by atoms with Crippen LogP contribution in [-0.2, 0) is 10.0 Å². The monoisotopic (exact) mass is 261 g/mol. The van der Waals surface area contributed by atoms with Crippen molar-refractivity contribution < 1.29 is 13.5 Å². The molecule has 0 amide bonds. The number of sulfonamides is 1. The van der Waals surface area contributed by atoms with Crippen LogP contribution < -0.4 is 0 Å². The molecule has 1 fully saturated rings. The minimum absolute atomic E-state index is 0.136. The predicted octanol–water partition coefficient (Wildman–Crippen LogP) is 1.14. The van der Waals surface area contributed by atoms with Crippen LogP contribution in [-0.4, -0.2) is 37.5 Å². The Bertz CT molecular complexity index is 427. The summed E-state index contributed by atoms with van der Waals surface area (Å²) in [5.41, 5.74) is 0. The summed E-state index contributed by atoms with van der Waals surface area (Å²) in [6.45, 7) is 1.25. The molecule has 1 unspecified atom stereocenters. The molecule has 6 heteroatoms. The summed E-state index contributed by atoms with van der Waals surface area (Å²) in [6.07, 6.45) is 1.54. The van der Waals surface area contributed by atoms with E-state index in [0.29, 0.717) is 29.6 Å². The smallest absolute Gasteiger partial charge is 0.252 e. The second-order valence-electron chi connectivity index (χ2n) is 3.96. The fraction of sp³-hybridized carbons (Fsp3) is 0.600. The van der Waals surface area contributed by atoms with Gasteiger partial charge in [-0.25, -0.2) is 8.42 Å². The van der Waals surface area contributed by atoms with Crippen molar-refractivity contribution in [2.24, 2.45) is 5.92 Å². The molecule has 2 rings (SSSR count). The average molecular weight is 261 g/mol. The number of rotatable bonds is 4. The van der Waals surface area contributed by atoms with Crippen LogP contribution >= 0.6 is 11.3 Å². The highest BCUT2D eigenvalue weighted by Gasteiger charge is 2.32. The van der Waals surface area contributed by atoms with Crippen LogP contribution in [0.25, 0.3) is 0 Å². The average Bonchev–Trinajstić information content (AvgIpc) is 2.88. The van der Waals surface area contributed by atoms with Gasteiger partial charge in [0.05, 0.1) is 0 Å².